The number of rotatable bonds is 5. The van der Waals surface area contributed by atoms with Crippen LogP contribution in [0.25, 0.3) is 10.2 Å². The lowest BCUT2D eigenvalue weighted by Crippen LogP contribution is -2.38. The summed E-state index contributed by atoms with van der Waals surface area (Å²) in [6.45, 7) is 4.79. The average molecular weight is 377 g/mol. The highest BCUT2D eigenvalue weighted by atomic mass is 32.1. The molecule has 25 heavy (non-hydrogen) atoms. The van der Waals surface area contributed by atoms with Crippen LogP contribution in [-0.4, -0.2) is 39.5 Å². The fourth-order valence-electron chi connectivity index (χ4n) is 2.45. The standard InChI is InChI=1S/C16H19N5O2S2/c1-9-10(2)25-15-13(9)14(22)19-11(20-15)4-5-18-16(23)21(3)8-12-17-6-7-24-12/h6-7H,4-5,8H2,1-3H3,(H,18,23)(H,19,20,22). The Kier molecular flexibility index (Phi) is 5.14. The van der Waals surface area contributed by atoms with Gasteiger partial charge in [-0.05, 0) is 19.4 Å². The summed E-state index contributed by atoms with van der Waals surface area (Å²) in [7, 11) is 1.72. The topological polar surface area (TPSA) is 91.0 Å². The fraction of sp³-hybridized carbons (Fsp3) is 0.375. The number of carbonyl (C=O) groups excluding carboxylic acids is 1. The van der Waals surface area contributed by atoms with Crippen molar-refractivity contribution in [2.24, 2.45) is 0 Å². The van der Waals surface area contributed by atoms with Crippen molar-refractivity contribution in [3.8, 4) is 0 Å². The smallest absolute Gasteiger partial charge is 0.317 e. The van der Waals surface area contributed by atoms with Gasteiger partial charge >= 0.3 is 6.03 Å². The molecule has 0 atom stereocenters. The SMILES string of the molecule is Cc1sc2nc(CCNC(=O)N(C)Cc3nccs3)[nH]c(=O)c2c1C. The summed E-state index contributed by atoms with van der Waals surface area (Å²) in [5, 5.41) is 6.27. The normalized spacial score (nSPS) is 11.0. The number of urea groups is 1. The monoisotopic (exact) mass is 377 g/mol. The van der Waals surface area contributed by atoms with E-state index in [9.17, 15) is 9.59 Å². The molecule has 3 aromatic rings. The molecular formula is C16H19N5O2S2. The lowest BCUT2D eigenvalue weighted by Gasteiger charge is -2.16. The van der Waals surface area contributed by atoms with Crippen LogP contribution < -0.4 is 10.9 Å². The first kappa shape index (κ1) is 17.6. The molecule has 132 valence electrons. The molecular weight excluding hydrogens is 358 g/mol. The van der Waals surface area contributed by atoms with Gasteiger partial charge in [-0.3, -0.25) is 4.79 Å². The third kappa shape index (κ3) is 3.88. The zero-order valence-corrected chi connectivity index (χ0v) is 15.9. The molecule has 0 radical (unpaired) electrons. The van der Waals surface area contributed by atoms with E-state index < -0.39 is 0 Å². The molecule has 0 aromatic carbocycles. The Morgan fingerprint density at radius 1 is 1.40 bits per heavy atom. The fourth-order valence-corrected chi connectivity index (χ4v) is 4.16. The van der Waals surface area contributed by atoms with Crippen molar-refractivity contribution >= 4 is 38.9 Å². The number of aryl methyl sites for hydroxylation is 2. The molecule has 2 amide bonds. The average Bonchev–Trinajstić information content (AvgIpc) is 3.16. The Morgan fingerprint density at radius 2 is 2.20 bits per heavy atom. The largest absolute Gasteiger partial charge is 0.338 e. The first-order valence-electron chi connectivity index (χ1n) is 7.82. The van der Waals surface area contributed by atoms with Crippen molar-refractivity contribution in [3.05, 3.63) is 43.2 Å². The zero-order valence-electron chi connectivity index (χ0n) is 14.3. The third-order valence-electron chi connectivity index (χ3n) is 3.93. The van der Waals surface area contributed by atoms with Crippen LogP contribution in [0.15, 0.2) is 16.4 Å². The Balaban J connectivity index is 1.59. The van der Waals surface area contributed by atoms with E-state index in [2.05, 4.69) is 20.3 Å². The van der Waals surface area contributed by atoms with Crippen LogP contribution >= 0.6 is 22.7 Å². The van der Waals surface area contributed by atoms with Gasteiger partial charge in [-0.25, -0.2) is 14.8 Å². The maximum absolute atomic E-state index is 12.2. The molecule has 0 aliphatic carbocycles. The molecule has 3 heterocycles. The minimum Gasteiger partial charge on any atom is -0.338 e. The molecule has 2 N–H and O–H groups in total. The number of aromatic nitrogens is 3. The molecule has 0 aliphatic rings. The molecule has 3 aromatic heterocycles. The Morgan fingerprint density at radius 3 is 2.92 bits per heavy atom. The van der Waals surface area contributed by atoms with Gasteiger partial charge in [-0.2, -0.15) is 0 Å². The van der Waals surface area contributed by atoms with Gasteiger partial charge in [0, 0.05) is 36.5 Å². The predicted molar refractivity (Wildman–Crippen MR) is 100 cm³/mol. The zero-order chi connectivity index (χ0) is 18.0. The Bertz CT molecular complexity index is 945. The first-order chi connectivity index (χ1) is 12.0. The third-order valence-corrected chi connectivity index (χ3v) is 5.79. The van der Waals surface area contributed by atoms with Crippen LogP contribution in [0.3, 0.4) is 0 Å². The second-order valence-electron chi connectivity index (χ2n) is 5.74. The van der Waals surface area contributed by atoms with Gasteiger partial charge in [-0.15, -0.1) is 22.7 Å². The number of hydrogen-bond acceptors (Lipinski definition) is 6. The van der Waals surface area contributed by atoms with Crippen molar-refractivity contribution in [2.75, 3.05) is 13.6 Å². The molecule has 0 fully saturated rings. The summed E-state index contributed by atoms with van der Waals surface area (Å²) in [5.74, 6) is 0.585. The van der Waals surface area contributed by atoms with E-state index in [1.165, 1.54) is 22.7 Å². The molecule has 0 saturated carbocycles. The lowest BCUT2D eigenvalue weighted by atomic mass is 10.2. The highest BCUT2D eigenvalue weighted by molar-refractivity contribution is 7.18. The number of nitrogens with one attached hydrogen (secondary N) is 2. The van der Waals surface area contributed by atoms with Crippen molar-refractivity contribution < 1.29 is 4.79 Å². The number of hydrogen-bond donors (Lipinski definition) is 2. The number of carbonyl (C=O) groups is 1. The second-order valence-corrected chi connectivity index (χ2v) is 7.92. The van der Waals surface area contributed by atoms with E-state index >= 15 is 0 Å². The van der Waals surface area contributed by atoms with E-state index in [4.69, 9.17) is 0 Å². The van der Waals surface area contributed by atoms with Crippen LogP contribution in [0.1, 0.15) is 21.3 Å². The summed E-state index contributed by atoms with van der Waals surface area (Å²) in [5.41, 5.74) is 0.867. The quantitative estimate of drug-likeness (QED) is 0.714. The van der Waals surface area contributed by atoms with E-state index in [1.807, 2.05) is 19.2 Å². The van der Waals surface area contributed by atoms with E-state index in [0.717, 1.165) is 20.3 Å². The molecule has 9 heteroatoms. The second kappa shape index (κ2) is 7.32. The van der Waals surface area contributed by atoms with E-state index in [1.54, 1.807) is 18.1 Å². The number of amides is 2. The Hall–Kier alpha value is -2.26. The molecule has 3 rings (SSSR count). The van der Waals surface area contributed by atoms with Gasteiger partial charge in [0.15, 0.2) is 0 Å². The summed E-state index contributed by atoms with van der Waals surface area (Å²) in [4.78, 5) is 39.2. The van der Waals surface area contributed by atoms with E-state index in [0.29, 0.717) is 30.7 Å². The summed E-state index contributed by atoms with van der Waals surface area (Å²) < 4.78 is 0. The maximum Gasteiger partial charge on any atom is 0.317 e. The molecule has 0 unspecified atom stereocenters. The number of fused-ring (bicyclic) bond motifs is 1. The van der Waals surface area contributed by atoms with E-state index in [-0.39, 0.29) is 11.6 Å². The molecule has 0 bridgehead atoms. The van der Waals surface area contributed by atoms with Crippen LogP contribution in [0.4, 0.5) is 4.79 Å². The van der Waals surface area contributed by atoms with Crippen LogP contribution in [0.2, 0.25) is 0 Å². The van der Waals surface area contributed by atoms with Gasteiger partial charge in [0.25, 0.3) is 5.56 Å². The van der Waals surface area contributed by atoms with Gasteiger partial charge in [-0.1, -0.05) is 0 Å². The lowest BCUT2D eigenvalue weighted by molar-refractivity contribution is 0.207. The van der Waals surface area contributed by atoms with Gasteiger partial charge < -0.3 is 15.2 Å². The number of nitrogens with zero attached hydrogens (tertiary/aromatic N) is 3. The van der Waals surface area contributed by atoms with Gasteiger partial charge in [0.2, 0.25) is 0 Å². The number of thiophene rings is 1. The minimum absolute atomic E-state index is 0.117. The summed E-state index contributed by atoms with van der Waals surface area (Å²) in [6.07, 6.45) is 2.19. The maximum atomic E-state index is 12.2. The van der Waals surface area contributed by atoms with Crippen LogP contribution in [0, 0.1) is 13.8 Å². The number of aromatic amines is 1. The summed E-state index contributed by atoms with van der Waals surface area (Å²) >= 11 is 3.04. The first-order valence-corrected chi connectivity index (χ1v) is 9.51. The van der Waals surface area contributed by atoms with Gasteiger partial charge in [0.1, 0.15) is 15.7 Å². The van der Waals surface area contributed by atoms with Crippen molar-refractivity contribution in [3.63, 3.8) is 0 Å². The van der Waals surface area contributed by atoms with Gasteiger partial charge in [0.05, 0.1) is 11.9 Å². The van der Waals surface area contributed by atoms with Crippen LogP contribution in [-0.2, 0) is 13.0 Å². The summed E-state index contributed by atoms with van der Waals surface area (Å²) in [6, 6.07) is -0.179. The molecule has 7 nitrogen and oxygen atoms in total. The predicted octanol–water partition coefficient (Wildman–Crippen LogP) is 2.44. The highest BCUT2D eigenvalue weighted by Crippen LogP contribution is 2.25. The Labute approximate surface area is 152 Å². The molecule has 0 aliphatic heterocycles. The highest BCUT2D eigenvalue weighted by Gasteiger charge is 2.13. The minimum atomic E-state index is -0.179. The number of thiazole rings is 1. The van der Waals surface area contributed by atoms with Crippen molar-refractivity contribution in [2.45, 2.75) is 26.8 Å². The molecule has 0 spiro atoms. The van der Waals surface area contributed by atoms with Crippen molar-refractivity contribution in [1.29, 1.82) is 0 Å². The number of H-pyrrole nitrogens is 1. The molecule has 0 saturated heterocycles. The van der Waals surface area contributed by atoms with Crippen LogP contribution in [0.5, 0.6) is 0 Å². The van der Waals surface area contributed by atoms with Crippen molar-refractivity contribution in [1.82, 2.24) is 25.2 Å².